The van der Waals surface area contributed by atoms with Crippen LogP contribution in [0.2, 0.25) is 0 Å². The molecule has 1 aromatic carbocycles. The van der Waals surface area contributed by atoms with Gasteiger partial charge in [0.2, 0.25) is 0 Å². The van der Waals surface area contributed by atoms with Crippen LogP contribution in [0.1, 0.15) is 45.1 Å². The van der Waals surface area contributed by atoms with Crippen LogP contribution in [0, 0.1) is 17.8 Å². The Morgan fingerprint density at radius 3 is 2.75 bits per heavy atom. The third-order valence-corrected chi connectivity index (χ3v) is 5.01. The fourth-order valence-corrected chi connectivity index (χ4v) is 3.88. The molecule has 0 aromatic heterocycles. The molecule has 0 radical (unpaired) electrons. The normalized spacial score (nSPS) is 28.2. The van der Waals surface area contributed by atoms with Gasteiger partial charge in [-0.15, -0.1) is 0 Å². The molecule has 2 aliphatic rings. The molecular formula is C18H27NO. The number of para-hydroxylation sites is 1. The van der Waals surface area contributed by atoms with E-state index in [9.17, 15) is 0 Å². The molecule has 2 heteroatoms. The highest BCUT2D eigenvalue weighted by Gasteiger charge is 2.39. The van der Waals surface area contributed by atoms with Crippen molar-refractivity contribution in [1.82, 2.24) is 5.32 Å². The van der Waals surface area contributed by atoms with Gasteiger partial charge in [-0.1, -0.05) is 38.5 Å². The van der Waals surface area contributed by atoms with Crippen LogP contribution in [0.5, 0.6) is 5.75 Å². The lowest BCUT2D eigenvalue weighted by Crippen LogP contribution is -2.23. The maximum absolute atomic E-state index is 6.17. The first-order valence-electron chi connectivity index (χ1n) is 8.16. The van der Waals surface area contributed by atoms with Crippen molar-refractivity contribution in [2.45, 2.75) is 52.1 Å². The molecule has 2 aliphatic carbocycles. The number of hydrogen-bond donors (Lipinski definition) is 1. The second-order valence-corrected chi connectivity index (χ2v) is 6.89. The summed E-state index contributed by atoms with van der Waals surface area (Å²) in [5.74, 6) is 3.83. The van der Waals surface area contributed by atoms with Crippen molar-refractivity contribution >= 4 is 0 Å². The van der Waals surface area contributed by atoms with Crippen LogP contribution in [0.15, 0.2) is 24.3 Å². The maximum atomic E-state index is 6.17. The average Bonchev–Trinajstić information content (AvgIpc) is 3.06. The van der Waals surface area contributed by atoms with Crippen molar-refractivity contribution in [3.05, 3.63) is 29.8 Å². The topological polar surface area (TPSA) is 21.3 Å². The third-order valence-electron chi connectivity index (χ3n) is 5.01. The van der Waals surface area contributed by atoms with Crippen LogP contribution >= 0.6 is 0 Å². The van der Waals surface area contributed by atoms with E-state index in [0.717, 1.165) is 36.7 Å². The number of nitrogens with one attached hydrogen (secondary N) is 1. The minimum Gasteiger partial charge on any atom is -0.493 e. The van der Waals surface area contributed by atoms with E-state index < -0.39 is 0 Å². The lowest BCUT2D eigenvalue weighted by atomic mass is 9.89. The zero-order valence-corrected chi connectivity index (χ0v) is 12.8. The van der Waals surface area contributed by atoms with E-state index in [-0.39, 0.29) is 0 Å². The molecular weight excluding hydrogens is 246 g/mol. The summed E-state index contributed by atoms with van der Waals surface area (Å²) in [6.45, 7) is 6.17. The van der Waals surface area contributed by atoms with Crippen LogP contribution in [0.3, 0.4) is 0 Å². The van der Waals surface area contributed by atoms with Crippen molar-refractivity contribution in [3.8, 4) is 5.75 Å². The van der Waals surface area contributed by atoms with Crippen LogP contribution in [-0.2, 0) is 6.54 Å². The molecule has 1 N–H and O–H groups in total. The highest BCUT2D eigenvalue weighted by Crippen LogP contribution is 2.48. The standard InChI is InChI=1S/C18H27NO/c1-13(2)19-11-16-5-3-4-6-18(16)20-12-17-10-14-7-8-15(17)9-14/h3-6,13-15,17,19H,7-12H2,1-2H3. The first-order valence-corrected chi connectivity index (χ1v) is 8.16. The van der Waals surface area contributed by atoms with Crippen LogP contribution in [0.25, 0.3) is 0 Å². The number of hydrogen-bond acceptors (Lipinski definition) is 2. The minimum atomic E-state index is 0.508. The lowest BCUT2D eigenvalue weighted by Gasteiger charge is -2.22. The van der Waals surface area contributed by atoms with Crippen molar-refractivity contribution in [2.75, 3.05) is 6.61 Å². The Morgan fingerprint density at radius 1 is 1.20 bits per heavy atom. The van der Waals surface area contributed by atoms with E-state index in [1.165, 1.54) is 31.2 Å². The summed E-state index contributed by atoms with van der Waals surface area (Å²) in [5, 5.41) is 3.48. The zero-order valence-electron chi connectivity index (χ0n) is 12.8. The summed E-state index contributed by atoms with van der Waals surface area (Å²) >= 11 is 0. The molecule has 0 spiro atoms. The van der Waals surface area contributed by atoms with E-state index in [1.807, 2.05) is 0 Å². The minimum absolute atomic E-state index is 0.508. The van der Waals surface area contributed by atoms with E-state index in [2.05, 4.69) is 43.4 Å². The molecule has 0 saturated heterocycles. The van der Waals surface area contributed by atoms with Gasteiger partial charge in [-0.05, 0) is 43.1 Å². The average molecular weight is 273 g/mol. The van der Waals surface area contributed by atoms with Gasteiger partial charge in [-0.3, -0.25) is 0 Å². The Hall–Kier alpha value is -1.02. The highest BCUT2D eigenvalue weighted by atomic mass is 16.5. The molecule has 2 fully saturated rings. The molecule has 2 saturated carbocycles. The maximum Gasteiger partial charge on any atom is 0.123 e. The van der Waals surface area contributed by atoms with Crippen LogP contribution in [0.4, 0.5) is 0 Å². The zero-order chi connectivity index (χ0) is 13.9. The van der Waals surface area contributed by atoms with Crippen molar-refractivity contribution < 1.29 is 4.74 Å². The lowest BCUT2D eigenvalue weighted by molar-refractivity contribution is 0.193. The van der Waals surface area contributed by atoms with Gasteiger partial charge in [-0.2, -0.15) is 0 Å². The summed E-state index contributed by atoms with van der Waals surface area (Å²) in [5.41, 5.74) is 1.28. The van der Waals surface area contributed by atoms with Crippen LogP contribution in [-0.4, -0.2) is 12.6 Å². The molecule has 3 unspecified atom stereocenters. The second kappa shape index (κ2) is 6.17. The number of fused-ring (bicyclic) bond motifs is 2. The van der Waals surface area contributed by atoms with Gasteiger partial charge in [0.1, 0.15) is 5.75 Å². The predicted octanol–water partition coefficient (Wildman–Crippen LogP) is 4.00. The second-order valence-electron chi connectivity index (χ2n) is 6.89. The van der Waals surface area contributed by atoms with Crippen LogP contribution < -0.4 is 10.1 Å². The summed E-state index contributed by atoms with van der Waals surface area (Å²) in [6.07, 6.45) is 5.77. The van der Waals surface area contributed by atoms with Gasteiger partial charge in [0, 0.05) is 18.2 Å². The summed E-state index contributed by atoms with van der Waals surface area (Å²) < 4.78 is 6.17. The molecule has 0 heterocycles. The van der Waals surface area contributed by atoms with Gasteiger partial charge in [0.05, 0.1) is 6.61 Å². The summed E-state index contributed by atoms with van der Waals surface area (Å²) in [7, 11) is 0. The molecule has 0 aliphatic heterocycles. The highest BCUT2D eigenvalue weighted by molar-refractivity contribution is 5.33. The van der Waals surface area contributed by atoms with Crippen molar-refractivity contribution in [1.29, 1.82) is 0 Å². The third kappa shape index (κ3) is 3.17. The molecule has 1 aromatic rings. The smallest absolute Gasteiger partial charge is 0.123 e. The molecule has 2 nitrogen and oxygen atoms in total. The Labute approximate surface area is 122 Å². The Kier molecular flexibility index (Phi) is 4.30. The van der Waals surface area contributed by atoms with E-state index in [0.29, 0.717) is 6.04 Å². The number of rotatable bonds is 6. The molecule has 3 rings (SSSR count). The molecule has 2 bridgehead atoms. The number of benzene rings is 1. The van der Waals surface area contributed by atoms with Crippen molar-refractivity contribution in [3.63, 3.8) is 0 Å². The summed E-state index contributed by atoms with van der Waals surface area (Å²) in [4.78, 5) is 0. The van der Waals surface area contributed by atoms with Gasteiger partial charge in [-0.25, -0.2) is 0 Å². The SMILES string of the molecule is CC(C)NCc1ccccc1OCC1CC2CCC1C2. The summed E-state index contributed by atoms with van der Waals surface area (Å²) in [6, 6.07) is 8.97. The van der Waals surface area contributed by atoms with Crippen molar-refractivity contribution in [2.24, 2.45) is 17.8 Å². The number of ether oxygens (including phenoxy) is 1. The first-order chi connectivity index (χ1) is 9.72. The van der Waals surface area contributed by atoms with Gasteiger partial charge in [0.15, 0.2) is 0 Å². The quantitative estimate of drug-likeness (QED) is 0.846. The first kappa shape index (κ1) is 13.9. The molecule has 110 valence electrons. The predicted molar refractivity (Wildman–Crippen MR) is 82.9 cm³/mol. The monoisotopic (exact) mass is 273 g/mol. The molecule has 0 amide bonds. The molecule has 20 heavy (non-hydrogen) atoms. The van der Waals surface area contributed by atoms with E-state index >= 15 is 0 Å². The fraction of sp³-hybridized carbons (Fsp3) is 0.667. The Morgan fingerprint density at radius 2 is 2.05 bits per heavy atom. The fourth-order valence-electron chi connectivity index (χ4n) is 3.88. The molecule has 3 atom stereocenters. The van der Waals surface area contributed by atoms with Gasteiger partial charge >= 0.3 is 0 Å². The Bertz CT molecular complexity index is 443. The largest absolute Gasteiger partial charge is 0.493 e. The Balaban J connectivity index is 1.56. The van der Waals surface area contributed by atoms with Gasteiger partial charge < -0.3 is 10.1 Å². The van der Waals surface area contributed by atoms with E-state index in [1.54, 1.807) is 0 Å². The van der Waals surface area contributed by atoms with E-state index in [4.69, 9.17) is 4.74 Å². The van der Waals surface area contributed by atoms with Gasteiger partial charge in [0.25, 0.3) is 0 Å².